The van der Waals surface area contributed by atoms with Gasteiger partial charge in [-0.1, -0.05) is 55.9 Å². The zero-order valence-electron chi connectivity index (χ0n) is 15.9. The number of rotatable bonds is 5. The fourth-order valence-corrected chi connectivity index (χ4v) is 4.67. The smallest absolute Gasteiger partial charge is 0.248 e. The fourth-order valence-electron chi connectivity index (χ4n) is 4.56. The largest absolute Gasteiger partial charge is 0.364 e. The van der Waals surface area contributed by atoms with E-state index in [2.05, 4.69) is 15.2 Å². The van der Waals surface area contributed by atoms with E-state index in [1.165, 1.54) is 38.3 Å². The first-order valence-electron chi connectivity index (χ1n) is 10.2. The van der Waals surface area contributed by atoms with Crippen molar-refractivity contribution in [3.05, 3.63) is 47.3 Å². The summed E-state index contributed by atoms with van der Waals surface area (Å²) in [7, 11) is 0. The van der Waals surface area contributed by atoms with Crippen LogP contribution in [0.3, 0.4) is 0 Å². The molecule has 3 aliphatic rings. The van der Waals surface area contributed by atoms with Gasteiger partial charge in [0.05, 0.1) is 10.9 Å². The van der Waals surface area contributed by atoms with E-state index in [4.69, 9.17) is 11.6 Å². The maximum absolute atomic E-state index is 13.2. The van der Waals surface area contributed by atoms with E-state index in [0.717, 1.165) is 12.0 Å². The number of amides is 1. The number of halogens is 1. The summed E-state index contributed by atoms with van der Waals surface area (Å²) in [6.07, 6.45) is 14.9. The van der Waals surface area contributed by atoms with Gasteiger partial charge in [-0.15, -0.1) is 0 Å². The van der Waals surface area contributed by atoms with Crippen LogP contribution >= 0.6 is 11.6 Å². The van der Waals surface area contributed by atoms with Crippen LogP contribution in [0, 0.1) is 11.8 Å². The third-order valence-electron chi connectivity index (χ3n) is 6.09. The summed E-state index contributed by atoms with van der Waals surface area (Å²) < 4.78 is 0. The summed E-state index contributed by atoms with van der Waals surface area (Å²) in [5.74, 6) is 1.14. The minimum absolute atomic E-state index is 0.0627. The van der Waals surface area contributed by atoms with E-state index < -0.39 is 0 Å². The Balaban J connectivity index is 1.52. The molecule has 5 nitrogen and oxygen atoms in total. The van der Waals surface area contributed by atoms with Gasteiger partial charge in [-0.2, -0.15) is 0 Å². The molecule has 1 aliphatic heterocycles. The first kappa shape index (κ1) is 19.2. The van der Waals surface area contributed by atoms with E-state index in [0.29, 0.717) is 29.7 Å². The van der Waals surface area contributed by atoms with Crippen molar-refractivity contribution in [2.75, 3.05) is 11.9 Å². The topological polar surface area (TPSA) is 62.3 Å². The zero-order valence-corrected chi connectivity index (χ0v) is 16.7. The van der Waals surface area contributed by atoms with Crippen LogP contribution in [0.2, 0.25) is 5.02 Å². The molecule has 1 N–H and O–H groups in total. The van der Waals surface area contributed by atoms with E-state index in [-0.39, 0.29) is 23.7 Å². The number of hydrogen-bond acceptors (Lipinski definition) is 4. The van der Waals surface area contributed by atoms with Gasteiger partial charge in [0.2, 0.25) is 5.91 Å². The highest BCUT2D eigenvalue weighted by atomic mass is 35.5. The Bertz CT molecular complexity index is 797. The van der Waals surface area contributed by atoms with Gasteiger partial charge in [0.1, 0.15) is 17.6 Å². The quantitative estimate of drug-likeness (QED) is 0.799. The molecule has 1 amide bonds. The highest BCUT2D eigenvalue weighted by Crippen LogP contribution is 2.34. The van der Waals surface area contributed by atoms with Crippen LogP contribution in [0.4, 0.5) is 5.82 Å². The van der Waals surface area contributed by atoms with Crippen LogP contribution in [0.5, 0.6) is 0 Å². The van der Waals surface area contributed by atoms with E-state index in [9.17, 15) is 9.59 Å². The number of pyridine rings is 1. The predicted molar refractivity (Wildman–Crippen MR) is 110 cm³/mol. The highest BCUT2D eigenvalue weighted by Gasteiger charge is 2.37. The maximum Gasteiger partial charge on any atom is 0.248 e. The van der Waals surface area contributed by atoms with Crippen molar-refractivity contribution in [1.29, 1.82) is 0 Å². The molecular formula is C22H26ClN3O2. The normalized spacial score (nSPS) is 23.3. The number of hydrogen-bond donors (Lipinski definition) is 1. The van der Waals surface area contributed by atoms with E-state index >= 15 is 0 Å². The number of ketones is 1. The Morgan fingerprint density at radius 2 is 2.11 bits per heavy atom. The third kappa shape index (κ3) is 4.30. The Labute approximate surface area is 170 Å². The number of nitrogens with one attached hydrogen (secondary N) is 1. The molecule has 1 unspecified atom stereocenters. The van der Waals surface area contributed by atoms with Crippen LogP contribution < -0.4 is 5.32 Å². The Hall–Kier alpha value is -2.14. The van der Waals surface area contributed by atoms with E-state index in [1.54, 1.807) is 12.1 Å². The van der Waals surface area contributed by atoms with Crippen molar-refractivity contribution in [2.45, 2.75) is 51.0 Å². The van der Waals surface area contributed by atoms with Gasteiger partial charge in [0.25, 0.3) is 0 Å². The molecule has 1 aromatic heterocycles. The number of nitrogens with zero attached hydrogens (tertiary/aromatic N) is 2. The van der Waals surface area contributed by atoms with Crippen LogP contribution in [0.25, 0.3) is 0 Å². The molecule has 0 saturated heterocycles. The SMILES string of the molecule is O=C1CC=CC2=CN([C@@H](CC3CCCCC3)C(=O)Nc3ccc(Cl)cn3)CC12. The standard InChI is InChI=1S/C22H26ClN3O2/c23-17-9-10-21(24-12-17)25-22(28)19(11-15-5-2-1-3-6-15)26-13-16-7-4-8-20(27)18(16)14-26/h4,7,9-10,12-13,15,18-19H,1-3,5-6,8,11,14H2,(H,24,25,28)/t18?,19-/m0/s1. The molecule has 2 atom stereocenters. The lowest BCUT2D eigenvalue weighted by atomic mass is 9.84. The average Bonchev–Trinajstić information content (AvgIpc) is 3.14. The van der Waals surface area contributed by atoms with Gasteiger partial charge < -0.3 is 10.2 Å². The molecule has 4 rings (SSSR count). The number of carbonyl (C=O) groups is 2. The molecule has 1 fully saturated rings. The third-order valence-corrected chi connectivity index (χ3v) is 6.32. The van der Waals surface area contributed by atoms with Crippen LogP contribution in [-0.2, 0) is 9.59 Å². The monoisotopic (exact) mass is 399 g/mol. The molecule has 28 heavy (non-hydrogen) atoms. The summed E-state index contributed by atoms with van der Waals surface area (Å²) >= 11 is 5.90. The lowest BCUT2D eigenvalue weighted by Gasteiger charge is -2.32. The predicted octanol–water partition coefficient (Wildman–Crippen LogP) is 4.36. The average molecular weight is 400 g/mol. The van der Waals surface area contributed by atoms with Gasteiger partial charge in [-0.3, -0.25) is 9.59 Å². The molecule has 1 aromatic rings. The van der Waals surface area contributed by atoms with Crippen LogP contribution in [-0.4, -0.2) is 34.2 Å². The molecule has 0 radical (unpaired) electrons. The molecule has 1 saturated carbocycles. The van der Waals surface area contributed by atoms with Crippen molar-refractivity contribution in [3.63, 3.8) is 0 Å². The number of aromatic nitrogens is 1. The molecule has 2 heterocycles. The lowest BCUT2D eigenvalue weighted by molar-refractivity contribution is -0.123. The Morgan fingerprint density at radius 3 is 2.82 bits per heavy atom. The highest BCUT2D eigenvalue weighted by molar-refractivity contribution is 6.30. The number of allylic oxidation sites excluding steroid dienone is 2. The number of anilines is 1. The molecule has 0 aromatic carbocycles. The second-order valence-electron chi connectivity index (χ2n) is 8.06. The fraction of sp³-hybridized carbons (Fsp3) is 0.500. The summed E-state index contributed by atoms with van der Waals surface area (Å²) in [5, 5.41) is 3.48. The van der Waals surface area contributed by atoms with Crippen molar-refractivity contribution >= 4 is 29.1 Å². The number of fused-ring (bicyclic) bond motifs is 1. The molecule has 0 bridgehead atoms. The maximum atomic E-state index is 13.2. The lowest BCUT2D eigenvalue weighted by Crippen LogP contribution is -2.43. The second-order valence-corrected chi connectivity index (χ2v) is 8.49. The van der Waals surface area contributed by atoms with Crippen molar-refractivity contribution in [2.24, 2.45) is 11.8 Å². The van der Waals surface area contributed by atoms with Gasteiger partial charge in [-0.25, -0.2) is 4.98 Å². The van der Waals surface area contributed by atoms with Crippen molar-refractivity contribution < 1.29 is 9.59 Å². The van der Waals surface area contributed by atoms with Gasteiger partial charge in [-0.05, 0) is 30.0 Å². The number of Topliss-reactive ketones (excluding diaryl/α,β-unsaturated/α-hetero) is 1. The van der Waals surface area contributed by atoms with Crippen LogP contribution in [0.15, 0.2) is 42.3 Å². The first-order valence-corrected chi connectivity index (χ1v) is 10.6. The number of carbonyl (C=O) groups excluding carboxylic acids is 2. The summed E-state index contributed by atoms with van der Waals surface area (Å²) in [4.78, 5) is 31.7. The molecule has 6 heteroatoms. The molecule has 2 aliphatic carbocycles. The summed E-state index contributed by atoms with van der Waals surface area (Å²) in [6.45, 7) is 0.595. The minimum Gasteiger partial charge on any atom is -0.364 e. The van der Waals surface area contributed by atoms with E-state index in [1.807, 2.05) is 18.4 Å². The second kappa shape index (κ2) is 8.48. The Morgan fingerprint density at radius 1 is 1.29 bits per heavy atom. The molecule has 148 valence electrons. The van der Waals surface area contributed by atoms with Crippen molar-refractivity contribution in [3.8, 4) is 0 Å². The van der Waals surface area contributed by atoms with Crippen LogP contribution in [0.1, 0.15) is 44.9 Å². The minimum atomic E-state index is -0.292. The van der Waals surface area contributed by atoms with Gasteiger partial charge in [0.15, 0.2) is 0 Å². The summed E-state index contributed by atoms with van der Waals surface area (Å²) in [5.41, 5.74) is 1.03. The Kier molecular flexibility index (Phi) is 5.81. The molecular weight excluding hydrogens is 374 g/mol. The van der Waals surface area contributed by atoms with Gasteiger partial charge >= 0.3 is 0 Å². The first-order chi connectivity index (χ1) is 13.6. The summed E-state index contributed by atoms with van der Waals surface area (Å²) in [6, 6.07) is 3.14. The zero-order chi connectivity index (χ0) is 19.5. The van der Waals surface area contributed by atoms with Crippen molar-refractivity contribution in [1.82, 2.24) is 9.88 Å². The molecule has 0 spiro atoms. The van der Waals surface area contributed by atoms with Gasteiger partial charge in [0, 0.05) is 25.4 Å².